The first-order valence-electron chi connectivity index (χ1n) is 8.81. The quantitative estimate of drug-likeness (QED) is 0.652. The Morgan fingerprint density at radius 2 is 2.04 bits per heavy atom. The molecule has 6 nitrogen and oxygen atoms in total. The van der Waals surface area contributed by atoms with Crippen LogP contribution in [0.25, 0.3) is 10.9 Å². The molecule has 25 heavy (non-hydrogen) atoms. The molecule has 0 saturated heterocycles. The summed E-state index contributed by atoms with van der Waals surface area (Å²) < 4.78 is 7.24. The lowest BCUT2D eigenvalue weighted by Gasteiger charge is -2.29. The summed E-state index contributed by atoms with van der Waals surface area (Å²) >= 11 is 0. The third-order valence-electron chi connectivity index (χ3n) is 5.03. The third kappa shape index (κ3) is 4.74. The Kier molecular flexibility index (Phi) is 6.84. The number of fused-ring (bicyclic) bond motifs is 1. The van der Waals surface area contributed by atoms with E-state index < -0.39 is 0 Å². The molecule has 1 aromatic heterocycles. The van der Waals surface area contributed by atoms with Crippen molar-refractivity contribution in [3.05, 3.63) is 30.5 Å². The number of hydrogen-bond donors (Lipinski definition) is 3. The van der Waals surface area contributed by atoms with Gasteiger partial charge in [-0.05, 0) is 36.4 Å². The lowest BCUT2D eigenvalue weighted by atomic mass is 9.83. The van der Waals surface area contributed by atoms with Crippen molar-refractivity contribution in [2.24, 2.45) is 5.41 Å². The molecule has 0 aliphatic carbocycles. The second kappa shape index (κ2) is 8.87. The first-order valence-corrected chi connectivity index (χ1v) is 8.81. The fourth-order valence-electron chi connectivity index (χ4n) is 2.87. The highest BCUT2D eigenvalue weighted by atomic mass is 16.5. The number of hydrogen-bond acceptors (Lipinski definition) is 3. The number of aromatic nitrogens is 1. The van der Waals surface area contributed by atoms with Gasteiger partial charge in [-0.1, -0.05) is 19.9 Å². The van der Waals surface area contributed by atoms with Gasteiger partial charge in [-0.3, -0.25) is 0 Å². The van der Waals surface area contributed by atoms with Crippen LogP contribution in [0.2, 0.25) is 0 Å². The monoisotopic (exact) mass is 347 g/mol. The van der Waals surface area contributed by atoms with Gasteiger partial charge < -0.3 is 25.0 Å². The Balaban J connectivity index is 2.03. The number of nitrogens with zero attached hydrogens (tertiary/aromatic N) is 1. The predicted molar refractivity (Wildman–Crippen MR) is 101 cm³/mol. The highest BCUT2D eigenvalue weighted by molar-refractivity contribution is 5.92. The summed E-state index contributed by atoms with van der Waals surface area (Å²) in [5.74, 6) is 0. The molecule has 0 spiro atoms. The average Bonchev–Trinajstić information content (AvgIpc) is 3.04. The molecule has 0 aliphatic rings. The maximum atomic E-state index is 12.2. The van der Waals surface area contributed by atoms with Crippen LogP contribution in [-0.2, 0) is 11.3 Å². The van der Waals surface area contributed by atoms with E-state index in [9.17, 15) is 9.90 Å². The van der Waals surface area contributed by atoms with Crippen LogP contribution < -0.4 is 10.6 Å². The van der Waals surface area contributed by atoms with Crippen molar-refractivity contribution in [3.8, 4) is 0 Å². The van der Waals surface area contributed by atoms with Gasteiger partial charge in [0.1, 0.15) is 0 Å². The average molecular weight is 347 g/mol. The van der Waals surface area contributed by atoms with E-state index in [2.05, 4.69) is 15.2 Å². The van der Waals surface area contributed by atoms with Gasteiger partial charge in [-0.25, -0.2) is 4.79 Å². The standard InChI is InChI=1S/C19H29N3O3/c1-4-19(5-2,14-23)13-20-18(24)21-16-7-6-15-8-9-22(10-11-25-3)17(15)12-16/h6-9,12,23H,4-5,10-11,13-14H2,1-3H3,(H2,20,21,24). The minimum Gasteiger partial charge on any atom is -0.396 e. The van der Waals surface area contributed by atoms with E-state index in [0.717, 1.165) is 36.0 Å². The van der Waals surface area contributed by atoms with Crippen molar-refractivity contribution >= 4 is 22.6 Å². The largest absolute Gasteiger partial charge is 0.396 e. The number of urea groups is 1. The highest BCUT2D eigenvalue weighted by Gasteiger charge is 2.25. The fourth-order valence-corrected chi connectivity index (χ4v) is 2.87. The number of methoxy groups -OCH3 is 1. The molecule has 0 aliphatic heterocycles. The molecule has 0 radical (unpaired) electrons. The number of anilines is 1. The van der Waals surface area contributed by atoms with Crippen molar-refractivity contribution < 1.29 is 14.6 Å². The molecule has 2 amide bonds. The molecule has 0 atom stereocenters. The minimum atomic E-state index is -0.255. The van der Waals surface area contributed by atoms with Gasteiger partial charge in [0, 0.05) is 37.5 Å². The summed E-state index contributed by atoms with van der Waals surface area (Å²) in [6.45, 7) is 5.98. The van der Waals surface area contributed by atoms with E-state index in [1.165, 1.54) is 0 Å². The van der Waals surface area contributed by atoms with Gasteiger partial charge in [0.2, 0.25) is 0 Å². The number of aliphatic hydroxyl groups is 1. The predicted octanol–water partition coefficient (Wildman–Crippen LogP) is 3.21. The SMILES string of the molecule is CCC(CC)(CO)CNC(=O)Nc1ccc2ccn(CCOC)c2c1. The number of nitrogens with one attached hydrogen (secondary N) is 2. The van der Waals surface area contributed by atoms with Crippen molar-refractivity contribution in [1.82, 2.24) is 9.88 Å². The van der Waals surface area contributed by atoms with Crippen LogP contribution in [-0.4, -0.2) is 42.6 Å². The summed E-state index contributed by atoms with van der Waals surface area (Å²) in [7, 11) is 1.68. The summed E-state index contributed by atoms with van der Waals surface area (Å²) in [6, 6.07) is 7.64. The molecule has 6 heteroatoms. The van der Waals surface area contributed by atoms with E-state index >= 15 is 0 Å². The zero-order chi connectivity index (χ0) is 18.3. The van der Waals surface area contributed by atoms with Crippen molar-refractivity contribution in [3.63, 3.8) is 0 Å². The third-order valence-corrected chi connectivity index (χ3v) is 5.03. The number of carbonyl (C=O) groups is 1. The molecule has 2 rings (SSSR count). The number of benzene rings is 1. The van der Waals surface area contributed by atoms with Crippen LogP contribution in [0.15, 0.2) is 30.5 Å². The molecule has 1 heterocycles. The Morgan fingerprint density at radius 3 is 2.68 bits per heavy atom. The Morgan fingerprint density at radius 1 is 1.28 bits per heavy atom. The highest BCUT2D eigenvalue weighted by Crippen LogP contribution is 2.24. The minimum absolute atomic E-state index is 0.0687. The van der Waals surface area contributed by atoms with Crippen LogP contribution in [0.5, 0.6) is 0 Å². The molecule has 0 unspecified atom stereocenters. The molecule has 3 N–H and O–H groups in total. The van der Waals surface area contributed by atoms with Crippen LogP contribution in [0.4, 0.5) is 10.5 Å². The lowest BCUT2D eigenvalue weighted by molar-refractivity contribution is 0.116. The first-order chi connectivity index (χ1) is 12.1. The van der Waals surface area contributed by atoms with Gasteiger partial charge in [0.15, 0.2) is 0 Å². The second-order valence-electron chi connectivity index (χ2n) is 6.45. The first kappa shape index (κ1) is 19.3. The number of amides is 2. The van der Waals surface area contributed by atoms with Crippen LogP contribution in [0.1, 0.15) is 26.7 Å². The van der Waals surface area contributed by atoms with Gasteiger partial charge in [-0.2, -0.15) is 0 Å². The topological polar surface area (TPSA) is 75.5 Å². The smallest absolute Gasteiger partial charge is 0.319 e. The van der Waals surface area contributed by atoms with Gasteiger partial charge in [0.05, 0.1) is 18.7 Å². The maximum Gasteiger partial charge on any atom is 0.319 e. The Bertz CT molecular complexity index is 684. The molecular weight excluding hydrogens is 318 g/mol. The van der Waals surface area contributed by atoms with E-state index in [-0.39, 0.29) is 18.1 Å². The fraction of sp³-hybridized carbons (Fsp3) is 0.526. The van der Waals surface area contributed by atoms with Crippen molar-refractivity contribution in [2.75, 3.05) is 32.2 Å². The molecule has 2 aromatic rings. The summed E-state index contributed by atoms with van der Waals surface area (Å²) in [6.07, 6.45) is 3.66. The molecule has 0 bridgehead atoms. The number of aliphatic hydroxyl groups excluding tert-OH is 1. The number of rotatable bonds is 9. The molecule has 138 valence electrons. The van der Waals surface area contributed by atoms with Gasteiger partial charge >= 0.3 is 6.03 Å². The zero-order valence-corrected chi connectivity index (χ0v) is 15.3. The summed E-state index contributed by atoms with van der Waals surface area (Å²) in [5, 5.41) is 16.5. The number of ether oxygens (including phenoxy) is 1. The summed E-state index contributed by atoms with van der Waals surface area (Å²) in [5.41, 5.74) is 1.54. The maximum absolute atomic E-state index is 12.2. The van der Waals surface area contributed by atoms with Crippen LogP contribution in [0, 0.1) is 5.41 Å². The van der Waals surface area contributed by atoms with Gasteiger partial charge in [-0.15, -0.1) is 0 Å². The zero-order valence-electron chi connectivity index (χ0n) is 15.3. The molecule has 0 saturated carbocycles. The molecular formula is C19H29N3O3. The van der Waals surface area contributed by atoms with Crippen LogP contribution >= 0.6 is 0 Å². The van der Waals surface area contributed by atoms with E-state index in [0.29, 0.717) is 13.2 Å². The second-order valence-corrected chi connectivity index (χ2v) is 6.45. The van der Waals surface area contributed by atoms with E-state index in [1.807, 2.05) is 44.3 Å². The lowest BCUT2D eigenvalue weighted by Crippen LogP contribution is -2.41. The molecule has 0 fully saturated rings. The van der Waals surface area contributed by atoms with E-state index in [4.69, 9.17) is 4.74 Å². The van der Waals surface area contributed by atoms with Gasteiger partial charge in [0.25, 0.3) is 0 Å². The van der Waals surface area contributed by atoms with Crippen LogP contribution in [0.3, 0.4) is 0 Å². The Labute approximate surface area is 149 Å². The molecule has 1 aromatic carbocycles. The Hall–Kier alpha value is -2.05. The number of carbonyl (C=O) groups excluding carboxylic acids is 1. The van der Waals surface area contributed by atoms with E-state index in [1.54, 1.807) is 7.11 Å². The van der Waals surface area contributed by atoms with Crippen molar-refractivity contribution in [1.29, 1.82) is 0 Å². The summed E-state index contributed by atoms with van der Waals surface area (Å²) in [4.78, 5) is 12.2. The normalized spacial score (nSPS) is 11.7. The van der Waals surface area contributed by atoms with Crippen molar-refractivity contribution in [2.45, 2.75) is 33.2 Å².